The highest BCUT2D eigenvalue weighted by molar-refractivity contribution is 6.43. The first-order valence-corrected chi connectivity index (χ1v) is 26.6. The Hall–Kier alpha value is -8.84. The van der Waals surface area contributed by atoms with Gasteiger partial charge in [0.25, 0.3) is 0 Å². The molecule has 0 N–H and O–H groups in total. The SMILES string of the molecule is CC(C)c1c2c(c(C(C)C)c3ccccc13)=c1ccc3c4cc5c(-c6cc7ccccc7c7ccccc67)c6c7cccc8cccc(c6c(-c6cc9ccccc9c9ccccc69)c5cc4c4ccc=2c1c43)c87. The van der Waals surface area contributed by atoms with Crippen LogP contribution >= 0.6 is 0 Å². The molecule has 16 aromatic rings. The average molecular weight is 937 g/mol. The standard InChI is InChI=1S/C74H48/c1-39(2)64-50-27-13-14-28-51(50)65(40(3)4)72-57-34-32-53-59-38-63-62(37-58(59)52-31-33-56(71(64)72)68(57)67(52)53)69(60-35-42-17-5-7-21-44(42)46-23-9-11-25-48(46)60)73-54-29-15-19-41-20-16-30-55(66(41)54)74(73)70(63)61-36-43-18-6-8-22-45(43)47-24-10-12-26-49(47)61/h5-40H,1-4H3. The van der Waals surface area contributed by atoms with Gasteiger partial charge in [0.2, 0.25) is 0 Å². The molecule has 0 amide bonds. The van der Waals surface area contributed by atoms with Crippen molar-refractivity contribution >= 4 is 129 Å². The first-order valence-electron chi connectivity index (χ1n) is 26.6. The van der Waals surface area contributed by atoms with E-state index < -0.39 is 0 Å². The Morgan fingerprint density at radius 3 is 1.05 bits per heavy atom. The van der Waals surface area contributed by atoms with Gasteiger partial charge in [-0.15, -0.1) is 0 Å². The predicted octanol–water partition coefficient (Wildman–Crippen LogP) is 20.9. The van der Waals surface area contributed by atoms with Gasteiger partial charge in [-0.25, -0.2) is 0 Å². The summed E-state index contributed by atoms with van der Waals surface area (Å²) in [6.07, 6.45) is 0. The van der Waals surface area contributed by atoms with Crippen LogP contribution in [0.25, 0.3) is 152 Å². The summed E-state index contributed by atoms with van der Waals surface area (Å²) in [6.45, 7) is 9.55. The smallest absolute Gasteiger partial charge is 0.000718 e. The minimum Gasteiger partial charge on any atom is -0.0616 e. The first-order chi connectivity index (χ1) is 36.4. The zero-order chi connectivity index (χ0) is 48.8. The monoisotopic (exact) mass is 936 g/mol. The van der Waals surface area contributed by atoms with Gasteiger partial charge >= 0.3 is 0 Å². The summed E-state index contributed by atoms with van der Waals surface area (Å²) >= 11 is 0. The van der Waals surface area contributed by atoms with Gasteiger partial charge in [0.15, 0.2) is 0 Å². The molecule has 344 valence electrons. The second-order valence-electron chi connectivity index (χ2n) is 22.0. The van der Waals surface area contributed by atoms with Crippen LogP contribution in [0.1, 0.15) is 50.7 Å². The van der Waals surface area contributed by atoms with E-state index in [9.17, 15) is 0 Å². The summed E-state index contributed by atoms with van der Waals surface area (Å²) in [5.74, 6) is 0.719. The van der Waals surface area contributed by atoms with Crippen LogP contribution < -0.4 is 0 Å². The zero-order valence-electron chi connectivity index (χ0n) is 41.8. The van der Waals surface area contributed by atoms with E-state index >= 15 is 0 Å². The van der Waals surface area contributed by atoms with Crippen LogP contribution in [0.3, 0.4) is 0 Å². The molecule has 74 heavy (non-hydrogen) atoms. The largest absolute Gasteiger partial charge is 0.0616 e. The van der Waals surface area contributed by atoms with E-state index in [1.807, 2.05) is 0 Å². The fourth-order valence-corrected chi connectivity index (χ4v) is 15.0. The van der Waals surface area contributed by atoms with Crippen LogP contribution in [0, 0.1) is 20.9 Å². The van der Waals surface area contributed by atoms with Crippen LogP contribution in [0.5, 0.6) is 0 Å². The maximum absolute atomic E-state index is 2.63. The molecule has 16 aromatic carbocycles. The summed E-state index contributed by atoms with van der Waals surface area (Å²) < 4.78 is 0. The Morgan fingerprint density at radius 1 is 0.230 bits per heavy atom. The molecular formula is C74H48. The number of rotatable bonds is 4. The van der Waals surface area contributed by atoms with Crippen molar-refractivity contribution in [3.63, 3.8) is 0 Å². The van der Waals surface area contributed by atoms with Gasteiger partial charge in [0.05, 0.1) is 0 Å². The average Bonchev–Trinajstić information content (AvgIpc) is 4.07. The molecule has 0 fully saturated rings. The van der Waals surface area contributed by atoms with E-state index in [1.54, 1.807) is 0 Å². The Morgan fingerprint density at radius 2 is 0.608 bits per heavy atom. The highest BCUT2D eigenvalue weighted by Crippen LogP contribution is 2.56. The summed E-state index contributed by atoms with van der Waals surface area (Å²) in [5, 5.41) is 37.3. The van der Waals surface area contributed by atoms with Crippen LogP contribution in [-0.2, 0) is 0 Å². The third-order valence-electron chi connectivity index (χ3n) is 17.7. The van der Waals surface area contributed by atoms with E-state index in [-0.39, 0.29) is 0 Å². The lowest BCUT2D eigenvalue weighted by Crippen LogP contribution is -2.00. The van der Waals surface area contributed by atoms with Gasteiger partial charge in [-0.1, -0.05) is 210 Å². The van der Waals surface area contributed by atoms with Crippen molar-refractivity contribution in [2.24, 2.45) is 0 Å². The topological polar surface area (TPSA) is 0 Å². The molecule has 0 saturated carbocycles. The van der Waals surface area contributed by atoms with Gasteiger partial charge in [-0.2, -0.15) is 0 Å². The second-order valence-corrected chi connectivity index (χ2v) is 22.0. The molecule has 0 aliphatic heterocycles. The van der Waals surface area contributed by atoms with Crippen molar-refractivity contribution < 1.29 is 0 Å². The van der Waals surface area contributed by atoms with Crippen molar-refractivity contribution in [2.45, 2.75) is 39.5 Å². The van der Waals surface area contributed by atoms with Crippen LogP contribution in [0.4, 0.5) is 0 Å². The van der Waals surface area contributed by atoms with E-state index in [0.29, 0.717) is 11.8 Å². The minimum absolute atomic E-state index is 0.359. The quantitative estimate of drug-likeness (QED) is 0.154. The van der Waals surface area contributed by atoms with Crippen LogP contribution in [0.15, 0.2) is 206 Å². The summed E-state index contributed by atoms with van der Waals surface area (Å²) in [7, 11) is 0. The fraction of sp³-hybridized carbons (Fsp3) is 0.0811. The first kappa shape index (κ1) is 40.7. The molecule has 0 atom stereocenters. The molecule has 17 rings (SSSR count). The Bertz CT molecular complexity index is 5090. The fourth-order valence-electron chi connectivity index (χ4n) is 15.0. The Balaban J connectivity index is 1.15. The third-order valence-corrected chi connectivity index (χ3v) is 17.7. The normalized spacial score (nSPS) is 12.8. The van der Waals surface area contributed by atoms with Crippen molar-refractivity contribution in [1.82, 2.24) is 0 Å². The molecule has 0 heteroatoms. The minimum atomic E-state index is 0.359. The van der Waals surface area contributed by atoms with Crippen LogP contribution in [0.2, 0.25) is 0 Å². The number of hydrogen-bond donors (Lipinski definition) is 0. The van der Waals surface area contributed by atoms with Crippen molar-refractivity contribution in [2.75, 3.05) is 0 Å². The van der Waals surface area contributed by atoms with E-state index in [2.05, 4.69) is 234 Å². The predicted molar refractivity (Wildman–Crippen MR) is 320 cm³/mol. The molecular weight excluding hydrogens is 889 g/mol. The van der Waals surface area contributed by atoms with E-state index in [4.69, 9.17) is 0 Å². The third kappa shape index (κ3) is 5.03. The van der Waals surface area contributed by atoms with Gasteiger partial charge in [-0.3, -0.25) is 0 Å². The number of fused-ring (bicyclic) bond motifs is 15. The van der Waals surface area contributed by atoms with Gasteiger partial charge in [0.1, 0.15) is 0 Å². The lowest BCUT2D eigenvalue weighted by Gasteiger charge is -2.20. The summed E-state index contributed by atoms with van der Waals surface area (Å²) in [6, 6.07) is 79.7. The van der Waals surface area contributed by atoms with E-state index in [1.165, 1.54) is 184 Å². The van der Waals surface area contributed by atoms with Gasteiger partial charge in [-0.05, 0) is 220 Å². The van der Waals surface area contributed by atoms with Gasteiger partial charge < -0.3 is 0 Å². The van der Waals surface area contributed by atoms with Crippen molar-refractivity contribution in [1.29, 1.82) is 0 Å². The van der Waals surface area contributed by atoms with Gasteiger partial charge in [0, 0.05) is 0 Å². The Kier molecular flexibility index (Phi) is 7.94. The van der Waals surface area contributed by atoms with Crippen molar-refractivity contribution in [3.8, 4) is 22.3 Å². The summed E-state index contributed by atoms with van der Waals surface area (Å²) in [5.41, 5.74) is 8.13. The number of hydrogen-bond acceptors (Lipinski definition) is 0. The molecule has 0 spiro atoms. The lowest BCUT2D eigenvalue weighted by molar-refractivity contribution is 0.846. The van der Waals surface area contributed by atoms with Crippen LogP contribution in [-0.4, -0.2) is 0 Å². The lowest BCUT2D eigenvalue weighted by atomic mass is 9.82. The second kappa shape index (κ2) is 14.4. The number of benzene rings is 14. The van der Waals surface area contributed by atoms with E-state index in [0.717, 1.165) is 0 Å². The maximum atomic E-state index is 2.63. The maximum Gasteiger partial charge on any atom is -0.000718 e. The van der Waals surface area contributed by atoms with Crippen molar-refractivity contribution in [3.05, 3.63) is 238 Å². The highest BCUT2D eigenvalue weighted by Gasteiger charge is 2.29. The summed E-state index contributed by atoms with van der Waals surface area (Å²) in [4.78, 5) is 0. The highest BCUT2D eigenvalue weighted by atomic mass is 14.3. The molecule has 0 nitrogen and oxygen atoms in total. The Labute approximate surface area is 427 Å². The molecule has 0 bridgehead atoms. The molecule has 0 aromatic heterocycles. The zero-order valence-corrected chi connectivity index (χ0v) is 41.8. The molecule has 1 aliphatic carbocycles. The molecule has 0 heterocycles. The molecule has 0 saturated heterocycles. The molecule has 0 radical (unpaired) electrons. The molecule has 1 aliphatic rings. The molecule has 0 unspecified atom stereocenters.